The average molecular weight is 152 g/mol. The summed E-state index contributed by atoms with van der Waals surface area (Å²) in [4.78, 5) is 0. The molecule has 0 bridgehead atoms. The molecular formula is C9H19BN. The summed E-state index contributed by atoms with van der Waals surface area (Å²) in [5.74, 6) is 0.708. The van der Waals surface area contributed by atoms with Gasteiger partial charge < -0.3 is 5.32 Å². The Balaban J connectivity index is 3.36. The minimum Gasteiger partial charge on any atom is -0.324 e. The molecule has 0 aliphatic heterocycles. The molecule has 0 spiro atoms. The number of allylic oxidation sites excluding steroid dienone is 1. The summed E-state index contributed by atoms with van der Waals surface area (Å²) in [6.45, 7) is 7.48. The first kappa shape index (κ1) is 10.8. The van der Waals surface area contributed by atoms with Gasteiger partial charge in [0.05, 0.1) is 0 Å². The smallest absolute Gasteiger partial charge is 0.124 e. The molecule has 1 unspecified atom stereocenters. The van der Waals surface area contributed by atoms with Gasteiger partial charge in [-0.15, -0.1) is 0 Å². The van der Waals surface area contributed by atoms with Crippen molar-refractivity contribution in [2.45, 2.75) is 27.1 Å². The zero-order valence-electron chi connectivity index (χ0n) is 7.93. The second-order valence-electron chi connectivity index (χ2n) is 2.76. The third-order valence-electron chi connectivity index (χ3n) is 1.74. The number of nitrogens with one attached hydrogen (secondary N) is 1. The second kappa shape index (κ2) is 7.87. The van der Waals surface area contributed by atoms with Gasteiger partial charge in [0.25, 0.3) is 0 Å². The first-order valence-electron chi connectivity index (χ1n) is 4.46. The van der Waals surface area contributed by atoms with Gasteiger partial charge in [-0.25, -0.2) is 0 Å². The van der Waals surface area contributed by atoms with Crippen LogP contribution in [0.5, 0.6) is 0 Å². The molecule has 0 fully saturated rings. The van der Waals surface area contributed by atoms with Crippen molar-refractivity contribution in [2.24, 2.45) is 5.92 Å². The minimum atomic E-state index is 0.708. The molecule has 1 nitrogen and oxygen atoms in total. The fourth-order valence-corrected chi connectivity index (χ4v) is 1.03. The van der Waals surface area contributed by atoms with Crippen LogP contribution in [0.15, 0.2) is 12.2 Å². The van der Waals surface area contributed by atoms with Gasteiger partial charge in [-0.05, 0) is 25.7 Å². The van der Waals surface area contributed by atoms with E-state index in [1.54, 1.807) is 0 Å². The molecule has 0 rings (SSSR count). The van der Waals surface area contributed by atoms with Crippen LogP contribution in [0, 0.1) is 5.92 Å². The van der Waals surface area contributed by atoms with Gasteiger partial charge in [0.15, 0.2) is 0 Å². The molecule has 11 heavy (non-hydrogen) atoms. The first-order chi connectivity index (χ1) is 5.35. The van der Waals surface area contributed by atoms with E-state index in [1.165, 1.54) is 6.42 Å². The van der Waals surface area contributed by atoms with Gasteiger partial charge in [0.1, 0.15) is 7.28 Å². The molecule has 0 saturated carbocycles. The van der Waals surface area contributed by atoms with Gasteiger partial charge >= 0.3 is 0 Å². The quantitative estimate of drug-likeness (QED) is 0.348. The molecule has 0 amide bonds. The topological polar surface area (TPSA) is 12.0 Å². The van der Waals surface area contributed by atoms with E-state index in [2.05, 4.69) is 45.4 Å². The standard InChI is InChI=1S/C9H19BN/c1-4-6-9(5-2)7-11-8-10-3/h4,6,9,11H,5,7-8H2,1-3H3/b6-4-. The predicted octanol–water partition coefficient (Wildman–Crippen LogP) is 1.89. The molecule has 1 N–H and O–H groups in total. The lowest BCUT2D eigenvalue weighted by molar-refractivity contribution is 0.572. The van der Waals surface area contributed by atoms with Gasteiger partial charge in [0, 0.05) is 6.54 Å². The lowest BCUT2D eigenvalue weighted by atomic mass is 9.83. The summed E-state index contributed by atoms with van der Waals surface area (Å²) in [5.41, 5.74) is 0. The molecule has 63 valence electrons. The summed E-state index contributed by atoms with van der Waals surface area (Å²) in [5, 5.41) is 3.36. The van der Waals surface area contributed by atoms with Crippen LogP contribution < -0.4 is 5.32 Å². The highest BCUT2D eigenvalue weighted by atomic mass is 14.8. The van der Waals surface area contributed by atoms with Gasteiger partial charge in [-0.3, -0.25) is 0 Å². The highest BCUT2D eigenvalue weighted by Crippen LogP contribution is 2.01. The number of hydrogen-bond acceptors (Lipinski definition) is 1. The maximum absolute atomic E-state index is 3.36. The van der Waals surface area contributed by atoms with E-state index in [1.807, 2.05) is 0 Å². The van der Waals surface area contributed by atoms with Crippen LogP contribution in [0.25, 0.3) is 0 Å². The molecule has 0 aromatic heterocycles. The molecule has 0 aromatic rings. The normalized spacial score (nSPS) is 13.7. The maximum Gasteiger partial charge on any atom is 0.124 e. The Morgan fingerprint density at radius 1 is 1.55 bits per heavy atom. The van der Waals surface area contributed by atoms with Gasteiger partial charge in [-0.2, -0.15) is 0 Å². The lowest BCUT2D eigenvalue weighted by Crippen LogP contribution is -2.24. The highest BCUT2D eigenvalue weighted by Gasteiger charge is 1.98. The van der Waals surface area contributed by atoms with Crippen molar-refractivity contribution in [1.29, 1.82) is 0 Å². The predicted molar refractivity (Wildman–Crippen MR) is 53.1 cm³/mol. The number of rotatable bonds is 6. The van der Waals surface area contributed by atoms with Crippen LogP contribution in [0.3, 0.4) is 0 Å². The van der Waals surface area contributed by atoms with Crippen molar-refractivity contribution in [3.05, 3.63) is 12.2 Å². The van der Waals surface area contributed by atoms with Crippen molar-refractivity contribution in [1.82, 2.24) is 5.32 Å². The summed E-state index contributed by atoms with van der Waals surface area (Å²) in [6.07, 6.45) is 6.64. The average Bonchev–Trinajstić information content (AvgIpc) is 2.03. The molecule has 2 heteroatoms. The Hall–Kier alpha value is -0.235. The van der Waals surface area contributed by atoms with Gasteiger partial charge in [-0.1, -0.05) is 25.9 Å². The molecule has 0 aliphatic carbocycles. The molecular weight excluding hydrogens is 133 g/mol. The first-order valence-corrected chi connectivity index (χ1v) is 4.46. The zero-order chi connectivity index (χ0) is 8.53. The van der Waals surface area contributed by atoms with Crippen molar-refractivity contribution in [2.75, 3.05) is 13.0 Å². The van der Waals surface area contributed by atoms with Crippen molar-refractivity contribution < 1.29 is 0 Å². The van der Waals surface area contributed by atoms with Crippen LogP contribution in [0.4, 0.5) is 0 Å². The van der Waals surface area contributed by atoms with Crippen LogP contribution in [-0.4, -0.2) is 20.3 Å². The summed E-state index contributed by atoms with van der Waals surface area (Å²) >= 11 is 0. The van der Waals surface area contributed by atoms with E-state index in [-0.39, 0.29) is 0 Å². The molecule has 0 aromatic carbocycles. The number of hydrogen-bond donors (Lipinski definition) is 1. The monoisotopic (exact) mass is 152 g/mol. The Kier molecular flexibility index (Phi) is 7.70. The Labute approximate surface area is 71.5 Å². The van der Waals surface area contributed by atoms with Crippen LogP contribution in [0.1, 0.15) is 20.3 Å². The minimum absolute atomic E-state index is 0.708. The van der Waals surface area contributed by atoms with Gasteiger partial charge in [0.2, 0.25) is 0 Å². The fraction of sp³-hybridized carbons (Fsp3) is 0.778. The van der Waals surface area contributed by atoms with E-state index in [9.17, 15) is 0 Å². The van der Waals surface area contributed by atoms with E-state index in [4.69, 9.17) is 0 Å². The summed E-state index contributed by atoms with van der Waals surface area (Å²) < 4.78 is 0. The summed E-state index contributed by atoms with van der Waals surface area (Å²) in [7, 11) is 2.14. The van der Waals surface area contributed by atoms with E-state index in [0.717, 1.165) is 13.0 Å². The Morgan fingerprint density at radius 2 is 2.27 bits per heavy atom. The third kappa shape index (κ3) is 6.17. The fourth-order valence-electron chi connectivity index (χ4n) is 1.03. The molecule has 1 radical (unpaired) electrons. The Bertz CT molecular complexity index is 102. The summed E-state index contributed by atoms with van der Waals surface area (Å²) in [6, 6.07) is 0. The molecule has 0 heterocycles. The van der Waals surface area contributed by atoms with E-state index >= 15 is 0 Å². The van der Waals surface area contributed by atoms with Crippen LogP contribution in [-0.2, 0) is 0 Å². The van der Waals surface area contributed by atoms with E-state index in [0.29, 0.717) is 5.92 Å². The molecule has 0 aliphatic rings. The highest BCUT2D eigenvalue weighted by molar-refractivity contribution is 6.33. The zero-order valence-corrected chi connectivity index (χ0v) is 7.93. The van der Waals surface area contributed by atoms with Crippen molar-refractivity contribution in [3.63, 3.8) is 0 Å². The molecule has 0 saturated heterocycles. The second-order valence-corrected chi connectivity index (χ2v) is 2.76. The van der Waals surface area contributed by atoms with Crippen molar-refractivity contribution in [3.8, 4) is 0 Å². The third-order valence-corrected chi connectivity index (χ3v) is 1.74. The van der Waals surface area contributed by atoms with Crippen molar-refractivity contribution >= 4 is 7.28 Å². The largest absolute Gasteiger partial charge is 0.324 e. The molecule has 1 atom stereocenters. The SMILES string of the molecule is C[B]CNCC(/C=C\C)CC. The lowest BCUT2D eigenvalue weighted by Gasteiger charge is -2.09. The van der Waals surface area contributed by atoms with Crippen LogP contribution in [0.2, 0.25) is 6.82 Å². The maximum atomic E-state index is 3.36. The van der Waals surface area contributed by atoms with Crippen LogP contribution >= 0.6 is 0 Å². The Morgan fingerprint density at radius 3 is 2.73 bits per heavy atom. The van der Waals surface area contributed by atoms with E-state index < -0.39 is 0 Å².